The third-order valence-electron chi connectivity index (χ3n) is 3.03. The van der Waals surface area contributed by atoms with Crippen molar-refractivity contribution in [1.82, 2.24) is 4.90 Å². The molecule has 2 N–H and O–H groups in total. The molecule has 1 aliphatic rings. The Kier molecular flexibility index (Phi) is 3.54. The maximum absolute atomic E-state index is 12.2. The average Bonchev–Trinajstić information content (AvgIpc) is 2.84. The number of rotatable bonds is 2. The Bertz CT molecular complexity index is 431. The van der Waals surface area contributed by atoms with Gasteiger partial charge in [-0.1, -0.05) is 17.7 Å². The molecule has 1 amide bonds. The summed E-state index contributed by atoms with van der Waals surface area (Å²) in [6.07, 6.45) is 0.863. The molecule has 1 saturated heterocycles. The van der Waals surface area contributed by atoms with E-state index in [0.717, 1.165) is 6.42 Å². The number of hydrogen-bond donors (Lipinski definition) is 1. The number of benzene rings is 1. The first-order valence-corrected chi connectivity index (χ1v) is 5.88. The number of anilines is 1. The number of carbonyl (C=O) groups excluding carboxylic acids is 1. The van der Waals surface area contributed by atoms with E-state index < -0.39 is 0 Å². The number of hydrogen-bond acceptors (Lipinski definition) is 3. The highest BCUT2D eigenvalue weighted by molar-refractivity contribution is 6.36. The first kappa shape index (κ1) is 12.2. The maximum Gasteiger partial charge on any atom is 0.255 e. The molecular weight excluding hydrogens is 240 g/mol. The summed E-state index contributed by atoms with van der Waals surface area (Å²) in [6.45, 7) is 1.29. The number of nitrogen functional groups attached to an aromatic ring is 1. The molecule has 0 bridgehead atoms. The van der Waals surface area contributed by atoms with E-state index in [-0.39, 0.29) is 11.9 Å². The lowest BCUT2D eigenvalue weighted by atomic mass is 10.1. The number of nitrogens with two attached hydrogens (primary N) is 1. The van der Waals surface area contributed by atoms with Crippen LogP contribution in [0.15, 0.2) is 18.2 Å². The second-order valence-electron chi connectivity index (χ2n) is 4.14. The van der Waals surface area contributed by atoms with Gasteiger partial charge in [0, 0.05) is 13.7 Å². The Balaban J connectivity index is 2.21. The molecule has 0 aromatic heterocycles. The van der Waals surface area contributed by atoms with Gasteiger partial charge in [-0.25, -0.2) is 0 Å². The Hall–Kier alpha value is -1.26. The van der Waals surface area contributed by atoms with Crippen LogP contribution >= 0.6 is 11.6 Å². The van der Waals surface area contributed by atoms with E-state index >= 15 is 0 Å². The van der Waals surface area contributed by atoms with Gasteiger partial charge in [0.25, 0.3) is 5.91 Å². The van der Waals surface area contributed by atoms with Crippen molar-refractivity contribution in [3.63, 3.8) is 0 Å². The molecule has 1 aliphatic heterocycles. The van der Waals surface area contributed by atoms with Crippen molar-refractivity contribution in [2.24, 2.45) is 0 Å². The van der Waals surface area contributed by atoms with Gasteiger partial charge in [-0.15, -0.1) is 0 Å². The van der Waals surface area contributed by atoms with Gasteiger partial charge < -0.3 is 15.4 Å². The van der Waals surface area contributed by atoms with E-state index in [0.29, 0.717) is 29.5 Å². The van der Waals surface area contributed by atoms with Crippen LogP contribution in [0.4, 0.5) is 5.69 Å². The number of ether oxygens (including phenoxy) is 1. The van der Waals surface area contributed by atoms with Crippen molar-refractivity contribution in [2.45, 2.75) is 12.5 Å². The van der Waals surface area contributed by atoms with Crippen molar-refractivity contribution in [3.05, 3.63) is 28.8 Å². The minimum Gasteiger partial charge on any atom is -0.398 e. The Morgan fingerprint density at radius 1 is 1.59 bits per heavy atom. The van der Waals surface area contributed by atoms with Crippen LogP contribution in [0.5, 0.6) is 0 Å². The fourth-order valence-corrected chi connectivity index (χ4v) is 2.11. The molecule has 4 nitrogen and oxygen atoms in total. The SMILES string of the molecule is CN(C(=O)c1cccc(N)c1Cl)C1CCOC1. The lowest BCUT2D eigenvalue weighted by molar-refractivity contribution is 0.0711. The molecule has 17 heavy (non-hydrogen) atoms. The number of nitrogens with zero attached hydrogens (tertiary/aromatic N) is 1. The molecule has 92 valence electrons. The van der Waals surface area contributed by atoms with Crippen molar-refractivity contribution >= 4 is 23.2 Å². The summed E-state index contributed by atoms with van der Waals surface area (Å²) in [5.41, 5.74) is 6.55. The topological polar surface area (TPSA) is 55.6 Å². The lowest BCUT2D eigenvalue weighted by Gasteiger charge is -2.23. The third kappa shape index (κ3) is 2.37. The normalized spacial score (nSPS) is 19.3. The van der Waals surface area contributed by atoms with Crippen LogP contribution in [0.1, 0.15) is 16.8 Å². The van der Waals surface area contributed by atoms with Crippen LogP contribution in [0.25, 0.3) is 0 Å². The minimum atomic E-state index is -0.113. The van der Waals surface area contributed by atoms with E-state index in [1.165, 1.54) is 0 Å². The molecule has 0 aliphatic carbocycles. The predicted octanol–water partition coefficient (Wildman–Crippen LogP) is 1.78. The van der Waals surface area contributed by atoms with Crippen molar-refractivity contribution in [1.29, 1.82) is 0 Å². The maximum atomic E-state index is 12.2. The van der Waals surface area contributed by atoms with E-state index in [1.807, 2.05) is 0 Å². The number of likely N-dealkylation sites (N-methyl/N-ethyl adjacent to an activating group) is 1. The molecule has 2 rings (SSSR count). The lowest BCUT2D eigenvalue weighted by Crippen LogP contribution is -2.37. The summed E-state index contributed by atoms with van der Waals surface area (Å²) >= 11 is 6.04. The van der Waals surface area contributed by atoms with Gasteiger partial charge >= 0.3 is 0 Å². The highest BCUT2D eigenvalue weighted by Crippen LogP contribution is 2.25. The van der Waals surface area contributed by atoms with E-state index in [2.05, 4.69) is 0 Å². The molecule has 1 atom stereocenters. The van der Waals surface area contributed by atoms with Gasteiger partial charge in [-0.05, 0) is 18.6 Å². The van der Waals surface area contributed by atoms with Crippen LogP contribution in [-0.2, 0) is 4.74 Å². The Morgan fingerprint density at radius 3 is 3.00 bits per heavy atom. The second kappa shape index (κ2) is 4.94. The van der Waals surface area contributed by atoms with Crippen molar-refractivity contribution in [2.75, 3.05) is 26.0 Å². The minimum absolute atomic E-state index is 0.113. The van der Waals surface area contributed by atoms with E-state index in [4.69, 9.17) is 22.1 Å². The van der Waals surface area contributed by atoms with Crippen molar-refractivity contribution in [3.8, 4) is 0 Å². The summed E-state index contributed by atoms with van der Waals surface area (Å²) in [7, 11) is 1.77. The number of halogens is 1. The molecule has 0 radical (unpaired) electrons. The summed E-state index contributed by atoms with van der Waals surface area (Å²) < 4.78 is 5.27. The molecule has 1 heterocycles. The highest BCUT2D eigenvalue weighted by atomic mass is 35.5. The van der Waals surface area contributed by atoms with Crippen molar-refractivity contribution < 1.29 is 9.53 Å². The Labute approximate surface area is 105 Å². The number of amides is 1. The smallest absolute Gasteiger partial charge is 0.255 e. The van der Waals surface area contributed by atoms with E-state index in [1.54, 1.807) is 30.1 Å². The standard InChI is InChI=1S/C12H15ClN2O2/c1-15(8-5-6-17-7-8)12(16)9-3-2-4-10(14)11(9)13/h2-4,8H,5-7,14H2,1H3. The quantitative estimate of drug-likeness (QED) is 0.819. The van der Waals surface area contributed by atoms with E-state index in [9.17, 15) is 4.79 Å². The second-order valence-corrected chi connectivity index (χ2v) is 4.52. The van der Waals surface area contributed by atoms with Crippen LogP contribution in [0, 0.1) is 0 Å². The molecule has 5 heteroatoms. The first-order chi connectivity index (χ1) is 8.11. The molecule has 0 saturated carbocycles. The molecule has 1 aromatic carbocycles. The van der Waals surface area contributed by atoms with Gasteiger partial charge in [0.2, 0.25) is 0 Å². The zero-order valence-corrected chi connectivity index (χ0v) is 10.4. The molecular formula is C12H15ClN2O2. The molecule has 0 spiro atoms. The van der Waals surface area contributed by atoms with Crippen LogP contribution in [0.2, 0.25) is 5.02 Å². The zero-order chi connectivity index (χ0) is 12.4. The summed E-state index contributed by atoms with van der Waals surface area (Å²) in [4.78, 5) is 13.9. The van der Waals surface area contributed by atoms with Gasteiger partial charge in [0.1, 0.15) is 0 Å². The first-order valence-electron chi connectivity index (χ1n) is 5.50. The summed E-state index contributed by atoms with van der Waals surface area (Å²) in [5.74, 6) is -0.113. The van der Waals surface area contributed by atoms with Crippen LogP contribution < -0.4 is 5.73 Å². The zero-order valence-electron chi connectivity index (χ0n) is 9.65. The Morgan fingerprint density at radius 2 is 2.35 bits per heavy atom. The number of carbonyl (C=O) groups is 1. The largest absolute Gasteiger partial charge is 0.398 e. The van der Waals surface area contributed by atoms with Gasteiger partial charge in [0.15, 0.2) is 0 Å². The third-order valence-corrected chi connectivity index (χ3v) is 3.45. The fourth-order valence-electron chi connectivity index (χ4n) is 1.90. The predicted molar refractivity (Wildman–Crippen MR) is 67.2 cm³/mol. The fraction of sp³-hybridized carbons (Fsp3) is 0.417. The van der Waals surface area contributed by atoms with Crippen LogP contribution in [-0.4, -0.2) is 37.1 Å². The monoisotopic (exact) mass is 254 g/mol. The summed E-state index contributed by atoms with van der Waals surface area (Å²) in [6, 6.07) is 5.22. The summed E-state index contributed by atoms with van der Waals surface area (Å²) in [5, 5.41) is 0.322. The van der Waals surface area contributed by atoms with Gasteiger partial charge in [-0.2, -0.15) is 0 Å². The average molecular weight is 255 g/mol. The van der Waals surface area contributed by atoms with Gasteiger partial charge in [0.05, 0.1) is 28.9 Å². The van der Waals surface area contributed by atoms with Crippen LogP contribution in [0.3, 0.4) is 0 Å². The van der Waals surface area contributed by atoms with Gasteiger partial charge in [-0.3, -0.25) is 4.79 Å². The highest BCUT2D eigenvalue weighted by Gasteiger charge is 2.26. The molecule has 1 fully saturated rings. The molecule has 1 aromatic rings. The molecule has 1 unspecified atom stereocenters.